The van der Waals surface area contributed by atoms with Crippen LogP contribution in [0.4, 0.5) is 10.5 Å². The molecule has 0 fully saturated rings. The number of amides is 4. The smallest absolute Gasteiger partial charge is 0.321 e. The largest absolute Gasteiger partial charge is 0.504 e. The highest BCUT2D eigenvalue weighted by Crippen LogP contribution is 2.30. The molecule has 0 aliphatic carbocycles. The Kier molecular flexibility index (Phi) is 7.00. The molecule has 0 bridgehead atoms. The van der Waals surface area contributed by atoms with E-state index in [0.717, 1.165) is 4.90 Å². The van der Waals surface area contributed by atoms with E-state index in [1.807, 2.05) is 0 Å². The molecule has 3 N–H and O–H groups in total. The number of imide groups is 1. The number of hydrogen-bond acceptors (Lipinski definition) is 7. The summed E-state index contributed by atoms with van der Waals surface area (Å²) in [7, 11) is 1.49. The third-order valence-electron chi connectivity index (χ3n) is 5.56. The number of nitrogens with zero attached hydrogens (tertiary/aromatic N) is 2. The lowest BCUT2D eigenvalue weighted by Crippen LogP contribution is -2.44. The van der Waals surface area contributed by atoms with Crippen LogP contribution in [0.2, 0.25) is 0 Å². The maximum Gasteiger partial charge on any atom is 0.321 e. The lowest BCUT2D eigenvalue weighted by molar-refractivity contribution is -0.121. The van der Waals surface area contributed by atoms with E-state index in [-0.39, 0.29) is 47.7 Å². The van der Waals surface area contributed by atoms with Crippen molar-refractivity contribution < 1.29 is 34.2 Å². The van der Waals surface area contributed by atoms with Crippen LogP contribution in [0.15, 0.2) is 36.4 Å². The molecule has 4 amide bonds. The average Bonchev–Trinajstić information content (AvgIpc) is 3.02. The summed E-state index contributed by atoms with van der Waals surface area (Å²) in [5, 5.41) is 21.6. The van der Waals surface area contributed by atoms with E-state index in [1.54, 1.807) is 12.1 Å². The summed E-state index contributed by atoms with van der Waals surface area (Å²) in [6.45, 7) is 2.62. The van der Waals surface area contributed by atoms with E-state index in [9.17, 15) is 34.2 Å². The van der Waals surface area contributed by atoms with Crippen molar-refractivity contribution in [3.05, 3.63) is 53.1 Å². The van der Waals surface area contributed by atoms with Crippen LogP contribution in [-0.2, 0) is 16.1 Å². The first-order valence-electron chi connectivity index (χ1n) is 10.5. The normalized spacial score (nSPS) is 13.4. The number of rotatable bonds is 8. The minimum atomic E-state index is -1.05. The van der Waals surface area contributed by atoms with Crippen molar-refractivity contribution in [1.82, 2.24) is 9.80 Å². The van der Waals surface area contributed by atoms with Crippen LogP contribution < -0.4 is 5.32 Å². The summed E-state index contributed by atoms with van der Waals surface area (Å²) in [6.07, 6.45) is 0.105. The molecular formula is C24H25N3O7. The van der Waals surface area contributed by atoms with Gasteiger partial charge in [0, 0.05) is 31.8 Å². The predicted molar refractivity (Wildman–Crippen MR) is 122 cm³/mol. The van der Waals surface area contributed by atoms with Crippen molar-refractivity contribution in [2.24, 2.45) is 0 Å². The van der Waals surface area contributed by atoms with Crippen LogP contribution in [0.1, 0.15) is 53.0 Å². The molecule has 2 aromatic carbocycles. The number of carbonyl (C=O) groups excluding carboxylic acids is 5. The number of Topliss-reactive ketones (excluding diaryl/α,β-unsaturated/α-hetero) is 2. The van der Waals surface area contributed by atoms with Crippen LogP contribution in [0, 0.1) is 0 Å². The maximum atomic E-state index is 13.2. The van der Waals surface area contributed by atoms with Gasteiger partial charge < -0.3 is 25.2 Å². The van der Waals surface area contributed by atoms with E-state index in [0.29, 0.717) is 5.56 Å². The molecule has 34 heavy (non-hydrogen) atoms. The van der Waals surface area contributed by atoms with Gasteiger partial charge in [-0.2, -0.15) is 0 Å². The number of carbonyl (C=O) groups is 5. The predicted octanol–water partition coefficient (Wildman–Crippen LogP) is 2.68. The number of phenolic OH excluding ortho intramolecular Hbond substituents is 2. The quantitative estimate of drug-likeness (QED) is 0.307. The molecule has 1 unspecified atom stereocenters. The topological polar surface area (TPSA) is 144 Å². The van der Waals surface area contributed by atoms with Crippen LogP contribution >= 0.6 is 0 Å². The minimum Gasteiger partial charge on any atom is -0.504 e. The van der Waals surface area contributed by atoms with Gasteiger partial charge in [0.1, 0.15) is 5.78 Å². The molecule has 1 aliphatic rings. The van der Waals surface area contributed by atoms with Gasteiger partial charge >= 0.3 is 6.03 Å². The first kappa shape index (κ1) is 24.4. The molecule has 0 aromatic heterocycles. The monoisotopic (exact) mass is 467 g/mol. The number of hydrogen-bond donors (Lipinski definition) is 3. The lowest BCUT2D eigenvalue weighted by Gasteiger charge is -2.24. The molecule has 1 atom stereocenters. The standard InChI is InChI=1S/C24H25N3O7/c1-13(28)7-9-18(14(2)29)27-22(32)17-6-4-5-15(21(17)23(27)33)12-26(3)24(34)25-16-8-10-19(30)20(31)11-16/h4-6,8,10-11,18,30-31H,7,9,12H2,1-3H3,(H,25,34). The molecule has 0 spiro atoms. The zero-order valence-electron chi connectivity index (χ0n) is 19.0. The van der Waals surface area contributed by atoms with Crippen LogP contribution in [0.3, 0.4) is 0 Å². The molecule has 2 aromatic rings. The molecule has 3 rings (SSSR count). The van der Waals surface area contributed by atoms with Gasteiger partial charge in [-0.3, -0.25) is 19.3 Å². The molecule has 0 saturated carbocycles. The first-order valence-corrected chi connectivity index (χ1v) is 10.5. The Morgan fingerprint density at radius 1 is 1.03 bits per heavy atom. The van der Waals surface area contributed by atoms with E-state index < -0.39 is 35.4 Å². The van der Waals surface area contributed by atoms with Crippen molar-refractivity contribution >= 4 is 35.1 Å². The summed E-state index contributed by atoms with van der Waals surface area (Å²) in [5.74, 6) is -2.53. The van der Waals surface area contributed by atoms with Crippen molar-refractivity contribution in [3.63, 3.8) is 0 Å². The molecule has 1 aliphatic heterocycles. The average molecular weight is 467 g/mol. The number of urea groups is 1. The summed E-state index contributed by atoms with van der Waals surface area (Å²) in [5.41, 5.74) is 0.911. The van der Waals surface area contributed by atoms with Crippen LogP contribution in [-0.4, -0.2) is 62.5 Å². The van der Waals surface area contributed by atoms with E-state index >= 15 is 0 Å². The lowest BCUT2D eigenvalue weighted by atomic mass is 10.0. The second kappa shape index (κ2) is 9.74. The molecule has 10 nitrogen and oxygen atoms in total. The zero-order valence-corrected chi connectivity index (χ0v) is 19.0. The molecule has 0 saturated heterocycles. The molecule has 10 heteroatoms. The van der Waals surface area contributed by atoms with Crippen molar-refractivity contribution in [1.29, 1.82) is 0 Å². The van der Waals surface area contributed by atoms with Gasteiger partial charge in [0.15, 0.2) is 17.3 Å². The second-order valence-corrected chi connectivity index (χ2v) is 8.18. The molecular weight excluding hydrogens is 442 g/mol. The molecule has 178 valence electrons. The van der Waals surface area contributed by atoms with Gasteiger partial charge in [-0.15, -0.1) is 0 Å². The number of benzene rings is 2. The van der Waals surface area contributed by atoms with Crippen LogP contribution in [0.5, 0.6) is 11.5 Å². The van der Waals surface area contributed by atoms with Gasteiger partial charge in [0.2, 0.25) is 0 Å². The van der Waals surface area contributed by atoms with Gasteiger partial charge in [0.25, 0.3) is 11.8 Å². The Hall–Kier alpha value is -4.21. The van der Waals surface area contributed by atoms with Gasteiger partial charge in [-0.1, -0.05) is 12.1 Å². The van der Waals surface area contributed by atoms with E-state index in [4.69, 9.17) is 0 Å². The van der Waals surface area contributed by atoms with Gasteiger partial charge in [0.05, 0.1) is 17.2 Å². The minimum absolute atomic E-state index is 0.0237. The molecule has 1 heterocycles. The van der Waals surface area contributed by atoms with Crippen molar-refractivity contribution in [2.45, 2.75) is 39.3 Å². The van der Waals surface area contributed by atoms with E-state index in [1.165, 1.54) is 50.1 Å². The Bertz CT molecular complexity index is 1190. The maximum absolute atomic E-state index is 13.2. The highest BCUT2D eigenvalue weighted by Gasteiger charge is 2.42. The summed E-state index contributed by atoms with van der Waals surface area (Å²) in [6, 6.07) is 6.90. The Morgan fingerprint density at radius 3 is 2.35 bits per heavy atom. The SMILES string of the molecule is CC(=O)CCC(C(C)=O)N1C(=O)c2cccc(CN(C)C(=O)Nc3ccc(O)c(O)c3)c2C1=O. The summed E-state index contributed by atoms with van der Waals surface area (Å²) >= 11 is 0. The number of fused-ring (bicyclic) bond motifs is 1. The number of nitrogens with one attached hydrogen (secondary N) is 1. The van der Waals surface area contributed by atoms with Crippen molar-refractivity contribution in [2.75, 3.05) is 12.4 Å². The fourth-order valence-electron chi connectivity index (χ4n) is 3.79. The Balaban J connectivity index is 1.82. The Labute approximate surface area is 195 Å². The van der Waals surface area contributed by atoms with Gasteiger partial charge in [-0.05, 0) is 44.0 Å². The van der Waals surface area contributed by atoms with Crippen molar-refractivity contribution in [3.8, 4) is 11.5 Å². The summed E-state index contributed by atoms with van der Waals surface area (Å²) < 4.78 is 0. The third-order valence-corrected chi connectivity index (χ3v) is 5.56. The first-order chi connectivity index (χ1) is 16.0. The number of anilines is 1. The second-order valence-electron chi connectivity index (χ2n) is 8.18. The third kappa shape index (κ3) is 4.90. The zero-order chi connectivity index (χ0) is 25.2. The number of phenols is 2. The number of ketones is 2. The Morgan fingerprint density at radius 2 is 1.74 bits per heavy atom. The fraction of sp³-hybridized carbons (Fsp3) is 0.292. The fourth-order valence-corrected chi connectivity index (χ4v) is 3.79. The summed E-state index contributed by atoms with van der Waals surface area (Å²) in [4.78, 5) is 64.6. The number of aromatic hydroxyl groups is 2. The molecule has 0 radical (unpaired) electrons. The highest BCUT2D eigenvalue weighted by molar-refractivity contribution is 6.23. The highest BCUT2D eigenvalue weighted by atomic mass is 16.3. The van der Waals surface area contributed by atoms with Crippen LogP contribution in [0.25, 0.3) is 0 Å². The van der Waals surface area contributed by atoms with E-state index in [2.05, 4.69) is 5.32 Å². The van der Waals surface area contributed by atoms with Gasteiger partial charge in [-0.25, -0.2) is 4.79 Å².